The minimum Gasteiger partial charge on any atom is -0.379 e. The van der Waals surface area contributed by atoms with Crippen LogP contribution in [0, 0.1) is 0 Å². The number of carbonyl (C=O) groups excluding carboxylic acids is 2. The van der Waals surface area contributed by atoms with Gasteiger partial charge in [0.15, 0.2) is 0 Å². The van der Waals surface area contributed by atoms with Crippen LogP contribution in [0.15, 0.2) is 25.3 Å². The number of hydrogen-bond acceptors (Lipinski definition) is 4. The van der Waals surface area contributed by atoms with Crippen LogP contribution in [0.1, 0.15) is 6.42 Å². The lowest BCUT2D eigenvalue weighted by Crippen LogP contribution is -2.44. The van der Waals surface area contributed by atoms with E-state index < -0.39 is 11.8 Å². The first-order chi connectivity index (χ1) is 10.2. The number of nitrogens with one attached hydrogen (secondary N) is 1. The summed E-state index contributed by atoms with van der Waals surface area (Å²) in [5.41, 5.74) is 0. The van der Waals surface area contributed by atoms with Gasteiger partial charge in [-0.05, 0) is 13.0 Å². The molecule has 21 heavy (non-hydrogen) atoms. The second kappa shape index (κ2) is 10.1. The Morgan fingerprint density at radius 3 is 2.38 bits per heavy atom. The molecule has 0 aromatic rings. The highest BCUT2D eigenvalue weighted by atomic mass is 16.5. The summed E-state index contributed by atoms with van der Waals surface area (Å²) in [5, 5.41) is 2.66. The molecular weight excluding hydrogens is 270 g/mol. The second-order valence-electron chi connectivity index (χ2n) is 4.85. The molecule has 0 unspecified atom stereocenters. The Morgan fingerprint density at radius 2 is 1.81 bits per heavy atom. The monoisotopic (exact) mass is 295 g/mol. The van der Waals surface area contributed by atoms with Crippen molar-refractivity contribution in [3.8, 4) is 0 Å². The molecule has 1 aliphatic rings. The van der Waals surface area contributed by atoms with E-state index in [1.807, 2.05) is 0 Å². The fourth-order valence-corrected chi connectivity index (χ4v) is 2.10. The van der Waals surface area contributed by atoms with Gasteiger partial charge in [-0.15, -0.1) is 13.2 Å². The largest absolute Gasteiger partial charge is 0.379 e. The topological polar surface area (TPSA) is 61.9 Å². The summed E-state index contributed by atoms with van der Waals surface area (Å²) in [4.78, 5) is 27.4. The molecule has 0 bridgehead atoms. The van der Waals surface area contributed by atoms with Crippen molar-refractivity contribution >= 4 is 11.8 Å². The maximum Gasteiger partial charge on any atom is 0.312 e. The number of nitrogens with zero attached hydrogens (tertiary/aromatic N) is 2. The zero-order valence-electron chi connectivity index (χ0n) is 12.6. The van der Waals surface area contributed by atoms with Gasteiger partial charge in [-0.2, -0.15) is 0 Å². The molecule has 0 spiro atoms. The highest BCUT2D eigenvalue weighted by Gasteiger charge is 2.19. The summed E-state index contributed by atoms with van der Waals surface area (Å²) in [5.74, 6) is -1.11. The summed E-state index contributed by atoms with van der Waals surface area (Å²) >= 11 is 0. The summed E-state index contributed by atoms with van der Waals surface area (Å²) in [6.45, 7) is 12.6. The van der Waals surface area contributed by atoms with Crippen LogP contribution in [-0.2, 0) is 14.3 Å². The fraction of sp³-hybridized carbons (Fsp3) is 0.600. The van der Waals surface area contributed by atoms with Gasteiger partial charge in [0, 0.05) is 32.7 Å². The number of hydrogen-bond donors (Lipinski definition) is 1. The van der Waals surface area contributed by atoms with Crippen LogP contribution in [0.4, 0.5) is 0 Å². The Balaban J connectivity index is 2.23. The molecule has 0 aromatic heterocycles. The second-order valence-corrected chi connectivity index (χ2v) is 4.85. The summed E-state index contributed by atoms with van der Waals surface area (Å²) in [6, 6.07) is 0. The molecule has 1 saturated heterocycles. The highest BCUT2D eigenvalue weighted by molar-refractivity contribution is 6.35. The lowest BCUT2D eigenvalue weighted by atomic mass is 10.3. The van der Waals surface area contributed by atoms with Crippen molar-refractivity contribution < 1.29 is 14.3 Å². The van der Waals surface area contributed by atoms with Crippen molar-refractivity contribution in [1.29, 1.82) is 0 Å². The zero-order valence-corrected chi connectivity index (χ0v) is 12.6. The molecule has 0 aliphatic carbocycles. The molecule has 1 fully saturated rings. The molecular formula is C15H25N3O3. The lowest BCUT2D eigenvalue weighted by molar-refractivity contribution is -0.145. The van der Waals surface area contributed by atoms with Gasteiger partial charge < -0.3 is 15.0 Å². The van der Waals surface area contributed by atoms with E-state index in [0.717, 1.165) is 39.3 Å². The van der Waals surface area contributed by atoms with E-state index in [1.54, 1.807) is 12.2 Å². The van der Waals surface area contributed by atoms with E-state index in [9.17, 15) is 9.59 Å². The Kier molecular flexibility index (Phi) is 8.38. The number of ether oxygens (including phenoxy) is 1. The molecule has 2 amide bonds. The molecule has 1 aliphatic heterocycles. The van der Waals surface area contributed by atoms with Crippen LogP contribution in [0.5, 0.6) is 0 Å². The SMILES string of the molecule is C=CCN(CC=C)C(=O)C(=O)NCCCN1CCOCC1. The Bertz CT molecular complexity index is 355. The predicted octanol–water partition coefficient (Wildman–Crippen LogP) is 0.0255. The smallest absolute Gasteiger partial charge is 0.312 e. The van der Waals surface area contributed by atoms with Crippen molar-refractivity contribution in [3.63, 3.8) is 0 Å². The molecule has 1 N–H and O–H groups in total. The standard InChI is InChI=1S/C15H25N3O3/c1-3-7-18(8-4-2)15(20)14(19)16-6-5-9-17-10-12-21-13-11-17/h3-4H,1-2,5-13H2,(H,16,19). The first-order valence-corrected chi connectivity index (χ1v) is 7.28. The number of carbonyl (C=O) groups is 2. The molecule has 0 aromatic carbocycles. The normalized spacial score (nSPS) is 15.2. The number of amides is 2. The molecule has 1 heterocycles. The highest BCUT2D eigenvalue weighted by Crippen LogP contribution is 1.97. The molecule has 1 rings (SSSR count). The quantitative estimate of drug-likeness (QED) is 0.390. The average Bonchev–Trinajstić information content (AvgIpc) is 2.51. The molecule has 0 atom stereocenters. The Morgan fingerprint density at radius 1 is 1.19 bits per heavy atom. The molecule has 0 saturated carbocycles. The van der Waals surface area contributed by atoms with Gasteiger partial charge in [-0.3, -0.25) is 14.5 Å². The third-order valence-electron chi connectivity index (χ3n) is 3.22. The third kappa shape index (κ3) is 6.55. The first-order valence-electron chi connectivity index (χ1n) is 7.28. The van der Waals surface area contributed by atoms with Gasteiger partial charge in [0.25, 0.3) is 0 Å². The number of rotatable bonds is 8. The van der Waals surface area contributed by atoms with Crippen molar-refractivity contribution in [2.24, 2.45) is 0 Å². The van der Waals surface area contributed by atoms with Crippen molar-refractivity contribution in [2.45, 2.75) is 6.42 Å². The van der Waals surface area contributed by atoms with Crippen LogP contribution in [0.3, 0.4) is 0 Å². The van der Waals surface area contributed by atoms with Crippen molar-refractivity contribution in [2.75, 3.05) is 52.5 Å². The summed E-state index contributed by atoms with van der Waals surface area (Å²) in [7, 11) is 0. The molecule has 6 heteroatoms. The summed E-state index contributed by atoms with van der Waals surface area (Å²) < 4.78 is 5.27. The minimum atomic E-state index is -0.569. The van der Waals surface area contributed by atoms with Gasteiger partial charge in [-0.25, -0.2) is 0 Å². The third-order valence-corrected chi connectivity index (χ3v) is 3.22. The number of morpholine rings is 1. The predicted molar refractivity (Wildman–Crippen MR) is 81.9 cm³/mol. The Labute approximate surface area is 126 Å². The summed E-state index contributed by atoms with van der Waals surface area (Å²) in [6.07, 6.45) is 4.00. The maximum absolute atomic E-state index is 11.9. The fourth-order valence-electron chi connectivity index (χ4n) is 2.10. The van der Waals surface area contributed by atoms with Crippen LogP contribution < -0.4 is 5.32 Å². The first kappa shape index (κ1) is 17.4. The lowest BCUT2D eigenvalue weighted by Gasteiger charge is -2.26. The van der Waals surface area contributed by atoms with Gasteiger partial charge in [0.05, 0.1) is 13.2 Å². The molecule has 118 valence electrons. The van der Waals surface area contributed by atoms with E-state index in [0.29, 0.717) is 19.6 Å². The van der Waals surface area contributed by atoms with E-state index in [4.69, 9.17) is 4.74 Å². The molecule has 6 nitrogen and oxygen atoms in total. The van der Waals surface area contributed by atoms with Crippen LogP contribution in [0.25, 0.3) is 0 Å². The van der Waals surface area contributed by atoms with Crippen LogP contribution in [-0.4, -0.2) is 74.1 Å². The van der Waals surface area contributed by atoms with Gasteiger partial charge in [0.2, 0.25) is 0 Å². The van der Waals surface area contributed by atoms with Crippen molar-refractivity contribution in [1.82, 2.24) is 15.1 Å². The van der Waals surface area contributed by atoms with Gasteiger partial charge >= 0.3 is 11.8 Å². The van der Waals surface area contributed by atoms with E-state index >= 15 is 0 Å². The van der Waals surface area contributed by atoms with E-state index in [2.05, 4.69) is 23.4 Å². The zero-order chi connectivity index (χ0) is 15.5. The maximum atomic E-state index is 11.9. The van der Waals surface area contributed by atoms with Crippen LogP contribution in [0.2, 0.25) is 0 Å². The Hall–Kier alpha value is -1.66. The average molecular weight is 295 g/mol. The van der Waals surface area contributed by atoms with E-state index in [-0.39, 0.29) is 0 Å². The van der Waals surface area contributed by atoms with E-state index in [1.165, 1.54) is 4.90 Å². The minimum absolute atomic E-state index is 0.339. The van der Waals surface area contributed by atoms with Gasteiger partial charge in [-0.1, -0.05) is 12.2 Å². The molecule has 0 radical (unpaired) electrons. The van der Waals surface area contributed by atoms with Crippen molar-refractivity contribution in [3.05, 3.63) is 25.3 Å². The van der Waals surface area contributed by atoms with Crippen LogP contribution >= 0.6 is 0 Å². The van der Waals surface area contributed by atoms with Gasteiger partial charge in [0.1, 0.15) is 0 Å².